The van der Waals surface area contributed by atoms with Crippen molar-refractivity contribution >= 4 is 0 Å². The van der Waals surface area contributed by atoms with Crippen LogP contribution >= 0.6 is 0 Å². The Bertz CT molecular complexity index is 631. The van der Waals surface area contributed by atoms with Gasteiger partial charge in [-0.15, -0.1) is 0 Å². The highest BCUT2D eigenvalue weighted by molar-refractivity contribution is 5.38. The topological polar surface area (TPSA) is 29.5 Å². The highest BCUT2D eigenvalue weighted by atomic mass is 16.5. The maximum atomic E-state index is 8.65. The molecule has 0 fully saturated rings. The second kappa shape index (κ2) is 6.79. The van der Waals surface area contributed by atoms with Crippen molar-refractivity contribution in [3.8, 4) is 17.6 Å². The molecule has 20 heavy (non-hydrogen) atoms. The van der Waals surface area contributed by atoms with Crippen LogP contribution in [0.4, 0.5) is 0 Å². The van der Waals surface area contributed by atoms with Gasteiger partial charge in [-0.2, -0.15) is 0 Å². The van der Waals surface area contributed by atoms with Gasteiger partial charge in [-0.1, -0.05) is 36.1 Å². The van der Waals surface area contributed by atoms with E-state index in [2.05, 4.69) is 37.0 Å². The molecule has 0 unspecified atom stereocenters. The Morgan fingerprint density at radius 1 is 1.05 bits per heavy atom. The van der Waals surface area contributed by atoms with E-state index < -0.39 is 0 Å². The van der Waals surface area contributed by atoms with Gasteiger partial charge in [0.25, 0.3) is 0 Å². The van der Waals surface area contributed by atoms with Crippen LogP contribution < -0.4 is 4.74 Å². The molecule has 0 bridgehead atoms. The zero-order chi connectivity index (χ0) is 14.4. The van der Waals surface area contributed by atoms with Gasteiger partial charge in [0.2, 0.25) is 0 Å². The van der Waals surface area contributed by atoms with E-state index in [4.69, 9.17) is 9.84 Å². The van der Waals surface area contributed by atoms with Crippen LogP contribution in [0.2, 0.25) is 0 Å². The second-order valence-electron chi connectivity index (χ2n) is 4.71. The van der Waals surface area contributed by atoms with Crippen LogP contribution in [-0.4, -0.2) is 11.7 Å². The molecule has 0 atom stereocenters. The van der Waals surface area contributed by atoms with Crippen molar-refractivity contribution in [1.29, 1.82) is 0 Å². The lowest BCUT2D eigenvalue weighted by atomic mass is 10.1. The van der Waals surface area contributed by atoms with E-state index in [1.807, 2.05) is 31.2 Å². The van der Waals surface area contributed by atoms with Crippen molar-refractivity contribution < 1.29 is 9.84 Å². The predicted octanol–water partition coefficient (Wildman–Crippen LogP) is 3.23. The minimum atomic E-state index is -0.114. The molecular formula is C18H18O2. The first-order chi connectivity index (χ1) is 9.69. The van der Waals surface area contributed by atoms with E-state index in [-0.39, 0.29) is 6.61 Å². The molecule has 2 nitrogen and oxygen atoms in total. The normalized spacial score (nSPS) is 9.75. The van der Waals surface area contributed by atoms with Crippen molar-refractivity contribution in [3.05, 3.63) is 64.7 Å². The zero-order valence-electron chi connectivity index (χ0n) is 11.8. The average molecular weight is 266 g/mol. The molecule has 0 aliphatic heterocycles. The van der Waals surface area contributed by atoms with Crippen molar-refractivity contribution in [2.24, 2.45) is 0 Å². The van der Waals surface area contributed by atoms with Crippen LogP contribution in [0.3, 0.4) is 0 Å². The predicted molar refractivity (Wildman–Crippen MR) is 80.7 cm³/mol. The standard InChI is InChI=1S/C18H18O2/c1-14-5-6-15(2)18(12-14)20-13-17-9-7-16(8-10-17)4-3-11-19/h5-10,12,19H,11,13H2,1-2H3. The summed E-state index contributed by atoms with van der Waals surface area (Å²) in [5, 5.41) is 8.65. The van der Waals surface area contributed by atoms with Gasteiger partial charge in [-0.3, -0.25) is 0 Å². The van der Waals surface area contributed by atoms with Crippen LogP contribution in [0.15, 0.2) is 42.5 Å². The van der Waals surface area contributed by atoms with Crippen LogP contribution in [-0.2, 0) is 6.61 Å². The molecule has 0 radical (unpaired) electrons. The molecule has 0 aliphatic rings. The molecule has 2 heteroatoms. The molecule has 2 aromatic rings. The first-order valence-corrected chi connectivity index (χ1v) is 6.58. The molecule has 0 heterocycles. The highest BCUT2D eigenvalue weighted by Gasteiger charge is 2.00. The van der Waals surface area contributed by atoms with Crippen molar-refractivity contribution in [2.75, 3.05) is 6.61 Å². The van der Waals surface area contributed by atoms with Gasteiger partial charge in [0.05, 0.1) is 0 Å². The van der Waals surface area contributed by atoms with Gasteiger partial charge in [0, 0.05) is 5.56 Å². The molecule has 0 saturated heterocycles. The minimum absolute atomic E-state index is 0.114. The summed E-state index contributed by atoms with van der Waals surface area (Å²) in [5.41, 5.74) is 4.33. The van der Waals surface area contributed by atoms with Crippen molar-refractivity contribution in [3.63, 3.8) is 0 Å². The smallest absolute Gasteiger partial charge is 0.122 e. The van der Waals surface area contributed by atoms with E-state index >= 15 is 0 Å². The molecule has 0 aliphatic carbocycles. The maximum Gasteiger partial charge on any atom is 0.122 e. The van der Waals surface area contributed by atoms with Crippen LogP contribution in [0.25, 0.3) is 0 Å². The molecule has 102 valence electrons. The number of aryl methyl sites for hydroxylation is 2. The number of hydrogen-bond donors (Lipinski definition) is 1. The number of aliphatic hydroxyl groups excluding tert-OH is 1. The number of benzene rings is 2. The molecule has 0 aromatic heterocycles. The fourth-order valence-electron chi connectivity index (χ4n) is 1.85. The maximum absolute atomic E-state index is 8.65. The number of rotatable bonds is 3. The number of hydrogen-bond acceptors (Lipinski definition) is 2. The summed E-state index contributed by atoms with van der Waals surface area (Å²) in [6.07, 6.45) is 0. The molecular weight excluding hydrogens is 248 g/mol. The molecule has 0 saturated carbocycles. The summed E-state index contributed by atoms with van der Waals surface area (Å²) in [6.45, 7) is 4.53. The van der Waals surface area contributed by atoms with Crippen LogP contribution in [0, 0.1) is 25.7 Å². The number of ether oxygens (including phenoxy) is 1. The van der Waals surface area contributed by atoms with Gasteiger partial charge in [-0.25, -0.2) is 0 Å². The number of aliphatic hydroxyl groups is 1. The van der Waals surface area contributed by atoms with Gasteiger partial charge >= 0.3 is 0 Å². The second-order valence-corrected chi connectivity index (χ2v) is 4.71. The SMILES string of the molecule is Cc1ccc(C)c(OCc2ccc(C#CCO)cc2)c1. The molecule has 2 aromatic carbocycles. The van der Waals surface area contributed by atoms with Gasteiger partial charge in [0.1, 0.15) is 19.0 Å². The summed E-state index contributed by atoms with van der Waals surface area (Å²) in [5.74, 6) is 6.43. The van der Waals surface area contributed by atoms with Crippen molar-refractivity contribution in [1.82, 2.24) is 0 Å². The monoisotopic (exact) mass is 266 g/mol. The first kappa shape index (κ1) is 14.2. The quantitative estimate of drug-likeness (QED) is 0.864. The third-order valence-corrected chi connectivity index (χ3v) is 3.00. The van der Waals surface area contributed by atoms with E-state index in [9.17, 15) is 0 Å². The lowest BCUT2D eigenvalue weighted by molar-refractivity contribution is 0.304. The summed E-state index contributed by atoms with van der Waals surface area (Å²) in [4.78, 5) is 0. The summed E-state index contributed by atoms with van der Waals surface area (Å²) >= 11 is 0. The molecule has 0 amide bonds. The summed E-state index contributed by atoms with van der Waals surface area (Å²) in [6, 6.07) is 14.1. The Morgan fingerprint density at radius 2 is 1.80 bits per heavy atom. The Balaban J connectivity index is 2.02. The first-order valence-electron chi connectivity index (χ1n) is 6.58. The van der Waals surface area contributed by atoms with Gasteiger partial charge < -0.3 is 9.84 Å². The fraction of sp³-hybridized carbons (Fsp3) is 0.222. The van der Waals surface area contributed by atoms with Gasteiger partial charge in [0.15, 0.2) is 0 Å². The third kappa shape index (κ3) is 3.88. The van der Waals surface area contributed by atoms with Crippen molar-refractivity contribution in [2.45, 2.75) is 20.5 Å². The highest BCUT2D eigenvalue weighted by Crippen LogP contribution is 2.20. The van der Waals surface area contributed by atoms with E-state index in [0.29, 0.717) is 6.61 Å². The molecule has 0 spiro atoms. The zero-order valence-corrected chi connectivity index (χ0v) is 11.8. The minimum Gasteiger partial charge on any atom is -0.489 e. The summed E-state index contributed by atoms with van der Waals surface area (Å²) < 4.78 is 5.85. The van der Waals surface area contributed by atoms with E-state index in [0.717, 1.165) is 22.4 Å². The van der Waals surface area contributed by atoms with E-state index in [1.54, 1.807) is 0 Å². The molecule has 1 N–H and O–H groups in total. The van der Waals surface area contributed by atoms with Crippen LogP contribution in [0.5, 0.6) is 5.75 Å². The van der Waals surface area contributed by atoms with Gasteiger partial charge in [-0.05, 0) is 48.7 Å². The summed E-state index contributed by atoms with van der Waals surface area (Å²) in [7, 11) is 0. The molecule has 2 rings (SSSR count). The average Bonchev–Trinajstić information content (AvgIpc) is 2.47. The Morgan fingerprint density at radius 3 is 2.50 bits per heavy atom. The largest absolute Gasteiger partial charge is 0.489 e. The fourth-order valence-corrected chi connectivity index (χ4v) is 1.85. The Kier molecular flexibility index (Phi) is 4.81. The van der Waals surface area contributed by atoms with E-state index in [1.165, 1.54) is 5.56 Å². The Hall–Kier alpha value is -2.24. The van der Waals surface area contributed by atoms with Crippen LogP contribution in [0.1, 0.15) is 22.3 Å². The third-order valence-electron chi connectivity index (χ3n) is 3.00. The lowest BCUT2D eigenvalue weighted by Gasteiger charge is -2.10. The Labute approximate surface area is 120 Å². The lowest BCUT2D eigenvalue weighted by Crippen LogP contribution is -1.97.